The normalized spacial score (nSPS) is 18.9. The van der Waals surface area contributed by atoms with Crippen molar-refractivity contribution in [2.45, 2.75) is 44.7 Å². The third-order valence-corrected chi connectivity index (χ3v) is 6.47. The van der Waals surface area contributed by atoms with Crippen molar-refractivity contribution in [2.24, 2.45) is 0 Å². The third kappa shape index (κ3) is 4.12. The molecule has 27 heavy (non-hydrogen) atoms. The molecule has 1 aliphatic heterocycles. The standard InChI is InChI=1S/C21H27NO4S/c1-4-15-9-11-19(27-15)20(22-12-6-5-7-17(22)21(23)24)16-13-14(25-2)8-10-18(16)26-3/h8-11,13,17,20H,4-7,12H2,1-3H3,(H,23,24). The molecule has 0 aliphatic carbocycles. The van der Waals surface area contributed by atoms with E-state index >= 15 is 0 Å². The number of rotatable bonds is 7. The summed E-state index contributed by atoms with van der Waals surface area (Å²) < 4.78 is 11.1. The van der Waals surface area contributed by atoms with Crippen LogP contribution in [-0.4, -0.2) is 42.8 Å². The monoisotopic (exact) mass is 389 g/mol. The largest absolute Gasteiger partial charge is 0.497 e. The Bertz CT molecular complexity index is 788. The summed E-state index contributed by atoms with van der Waals surface area (Å²) in [5, 5.41) is 9.84. The van der Waals surface area contributed by atoms with E-state index in [1.54, 1.807) is 25.6 Å². The van der Waals surface area contributed by atoms with Crippen molar-refractivity contribution < 1.29 is 19.4 Å². The summed E-state index contributed by atoms with van der Waals surface area (Å²) in [4.78, 5) is 16.5. The first-order valence-electron chi connectivity index (χ1n) is 9.38. The van der Waals surface area contributed by atoms with Crippen LogP contribution >= 0.6 is 11.3 Å². The Morgan fingerprint density at radius 2 is 2.07 bits per heavy atom. The van der Waals surface area contributed by atoms with E-state index in [2.05, 4.69) is 24.0 Å². The number of carbonyl (C=O) groups is 1. The average Bonchev–Trinajstić information content (AvgIpc) is 3.17. The van der Waals surface area contributed by atoms with Gasteiger partial charge in [-0.15, -0.1) is 11.3 Å². The fourth-order valence-electron chi connectivity index (χ4n) is 3.81. The maximum Gasteiger partial charge on any atom is 0.320 e. The van der Waals surface area contributed by atoms with Crippen LogP contribution in [0.1, 0.15) is 47.5 Å². The molecule has 1 aromatic carbocycles. The molecule has 6 heteroatoms. The van der Waals surface area contributed by atoms with Gasteiger partial charge in [0.2, 0.25) is 0 Å². The van der Waals surface area contributed by atoms with Gasteiger partial charge in [0.15, 0.2) is 0 Å². The number of thiophene rings is 1. The molecule has 2 unspecified atom stereocenters. The number of hydrogen-bond donors (Lipinski definition) is 1. The van der Waals surface area contributed by atoms with Crippen LogP contribution in [-0.2, 0) is 11.2 Å². The maximum atomic E-state index is 12.0. The first-order valence-corrected chi connectivity index (χ1v) is 10.2. The minimum Gasteiger partial charge on any atom is -0.497 e. The molecule has 0 spiro atoms. The lowest BCUT2D eigenvalue weighted by Crippen LogP contribution is -2.46. The summed E-state index contributed by atoms with van der Waals surface area (Å²) in [6, 6.07) is 9.35. The van der Waals surface area contributed by atoms with Crippen LogP contribution < -0.4 is 9.47 Å². The van der Waals surface area contributed by atoms with Crippen LogP contribution in [0.4, 0.5) is 0 Å². The van der Waals surface area contributed by atoms with Gasteiger partial charge in [0, 0.05) is 15.3 Å². The van der Waals surface area contributed by atoms with Gasteiger partial charge in [0.05, 0.1) is 20.3 Å². The molecule has 1 aliphatic rings. The lowest BCUT2D eigenvalue weighted by Gasteiger charge is -2.39. The average molecular weight is 390 g/mol. The number of methoxy groups -OCH3 is 2. The summed E-state index contributed by atoms with van der Waals surface area (Å²) in [7, 11) is 3.29. The highest BCUT2D eigenvalue weighted by atomic mass is 32.1. The number of benzene rings is 1. The highest BCUT2D eigenvalue weighted by Gasteiger charge is 2.37. The second-order valence-corrected chi connectivity index (χ2v) is 7.96. The van der Waals surface area contributed by atoms with E-state index in [1.165, 1.54) is 4.88 Å². The molecule has 0 radical (unpaired) electrons. The molecule has 5 nitrogen and oxygen atoms in total. The molecule has 1 fully saturated rings. The molecule has 0 saturated carbocycles. The zero-order chi connectivity index (χ0) is 19.4. The van der Waals surface area contributed by atoms with Crippen molar-refractivity contribution in [1.82, 2.24) is 4.90 Å². The van der Waals surface area contributed by atoms with Crippen molar-refractivity contribution in [3.63, 3.8) is 0 Å². The number of likely N-dealkylation sites (tertiary alicyclic amines) is 1. The van der Waals surface area contributed by atoms with Gasteiger partial charge in [0.25, 0.3) is 0 Å². The molecule has 1 N–H and O–H groups in total. The van der Waals surface area contributed by atoms with E-state index in [1.807, 2.05) is 18.2 Å². The predicted octanol–water partition coefficient (Wildman–Crippen LogP) is 4.36. The molecule has 2 heterocycles. The first-order chi connectivity index (χ1) is 13.1. The Morgan fingerprint density at radius 3 is 2.70 bits per heavy atom. The molecule has 0 bridgehead atoms. The predicted molar refractivity (Wildman–Crippen MR) is 107 cm³/mol. The van der Waals surface area contributed by atoms with Gasteiger partial charge in [-0.25, -0.2) is 0 Å². The van der Waals surface area contributed by atoms with Gasteiger partial charge < -0.3 is 14.6 Å². The molecular formula is C21H27NO4S. The first kappa shape index (κ1) is 19.7. The lowest BCUT2D eigenvalue weighted by atomic mass is 9.94. The van der Waals surface area contributed by atoms with Crippen molar-refractivity contribution in [3.05, 3.63) is 45.6 Å². The van der Waals surface area contributed by atoms with E-state index in [9.17, 15) is 9.90 Å². The molecule has 3 rings (SSSR count). The maximum absolute atomic E-state index is 12.0. The summed E-state index contributed by atoms with van der Waals surface area (Å²) >= 11 is 1.74. The minimum absolute atomic E-state index is 0.165. The minimum atomic E-state index is -0.756. The Balaban J connectivity index is 2.14. The number of nitrogens with zero attached hydrogens (tertiary/aromatic N) is 1. The fraction of sp³-hybridized carbons (Fsp3) is 0.476. The summed E-state index contributed by atoms with van der Waals surface area (Å²) in [5.74, 6) is 0.739. The Morgan fingerprint density at radius 1 is 1.26 bits per heavy atom. The van der Waals surface area contributed by atoms with Gasteiger partial charge >= 0.3 is 5.97 Å². The van der Waals surface area contributed by atoms with E-state index in [4.69, 9.17) is 9.47 Å². The number of hydrogen-bond acceptors (Lipinski definition) is 5. The van der Waals surface area contributed by atoms with Crippen LogP contribution in [0, 0.1) is 0 Å². The quantitative estimate of drug-likeness (QED) is 0.763. The van der Waals surface area contributed by atoms with Gasteiger partial charge in [-0.3, -0.25) is 9.69 Å². The lowest BCUT2D eigenvalue weighted by molar-refractivity contribution is -0.145. The molecular weight excluding hydrogens is 362 g/mol. The number of aliphatic carboxylic acids is 1. The zero-order valence-electron chi connectivity index (χ0n) is 16.1. The van der Waals surface area contributed by atoms with Crippen molar-refractivity contribution in [3.8, 4) is 11.5 Å². The van der Waals surface area contributed by atoms with Crippen molar-refractivity contribution in [1.29, 1.82) is 0 Å². The highest BCUT2D eigenvalue weighted by Crippen LogP contribution is 2.42. The second kappa shape index (κ2) is 8.76. The summed E-state index contributed by atoms with van der Waals surface area (Å²) in [6.07, 6.45) is 3.58. The van der Waals surface area contributed by atoms with E-state index < -0.39 is 12.0 Å². The van der Waals surface area contributed by atoms with Crippen molar-refractivity contribution >= 4 is 17.3 Å². The third-order valence-electron chi connectivity index (χ3n) is 5.19. The Labute approximate surface area is 164 Å². The van der Waals surface area contributed by atoms with E-state index in [0.29, 0.717) is 6.42 Å². The van der Waals surface area contributed by atoms with Gasteiger partial charge in [-0.05, 0) is 56.1 Å². The molecule has 1 aromatic heterocycles. The topological polar surface area (TPSA) is 59.0 Å². The van der Waals surface area contributed by atoms with E-state index in [0.717, 1.165) is 47.7 Å². The number of piperidine rings is 1. The smallest absolute Gasteiger partial charge is 0.320 e. The number of aryl methyl sites for hydroxylation is 1. The Kier molecular flexibility index (Phi) is 6.39. The SMILES string of the molecule is CCc1ccc(C(c2cc(OC)ccc2OC)N2CCCCC2C(=O)O)s1. The van der Waals surface area contributed by atoms with Gasteiger partial charge in [0.1, 0.15) is 17.5 Å². The highest BCUT2D eigenvalue weighted by molar-refractivity contribution is 7.12. The van der Waals surface area contributed by atoms with E-state index in [-0.39, 0.29) is 6.04 Å². The van der Waals surface area contributed by atoms with Crippen LogP contribution in [0.5, 0.6) is 11.5 Å². The van der Waals surface area contributed by atoms with Crippen molar-refractivity contribution in [2.75, 3.05) is 20.8 Å². The van der Waals surface area contributed by atoms with Gasteiger partial charge in [-0.1, -0.05) is 13.3 Å². The summed E-state index contributed by atoms with van der Waals surface area (Å²) in [6.45, 7) is 2.89. The van der Waals surface area contributed by atoms with Crippen LogP contribution in [0.15, 0.2) is 30.3 Å². The van der Waals surface area contributed by atoms with Crippen LogP contribution in [0.25, 0.3) is 0 Å². The molecule has 2 aromatic rings. The number of carboxylic acid groups (broad SMARTS) is 1. The molecule has 1 saturated heterocycles. The summed E-state index contributed by atoms with van der Waals surface area (Å²) in [5.41, 5.74) is 0.953. The second-order valence-electron chi connectivity index (χ2n) is 6.76. The molecule has 2 atom stereocenters. The van der Waals surface area contributed by atoms with Crippen LogP contribution in [0.2, 0.25) is 0 Å². The molecule has 0 amide bonds. The Hall–Kier alpha value is -2.05. The number of carboxylic acids is 1. The van der Waals surface area contributed by atoms with Crippen LogP contribution in [0.3, 0.4) is 0 Å². The number of ether oxygens (including phenoxy) is 2. The molecule has 146 valence electrons. The van der Waals surface area contributed by atoms with Gasteiger partial charge in [-0.2, -0.15) is 0 Å². The zero-order valence-corrected chi connectivity index (χ0v) is 16.9. The fourth-order valence-corrected chi connectivity index (χ4v) is 4.90.